The molecule has 1 fully saturated rings. The van der Waals surface area contributed by atoms with Crippen LogP contribution in [0.1, 0.15) is 56.6 Å². The van der Waals surface area contributed by atoms with Gasteiger partial charge in [-0.3, -0.25) is 4.79 Å². The molecule has 0 spiro atoms. The smallest absolute Gasteiger partial charge is 0.305 e. The summed E-state index contributed by atoms with van der Waals surface area (Å²) in [7, 11) is 0. The summed E-state index contributed by atoms with van der Waals surface area (Å²) >= 11 is 0. The molecular weight excluding hydrogens is 266 g/mol. The van der Waals surface area contributed by atoms with Crippen molar-refractivity contribution in [2.45, 2.75) is 63.1 Å². The van der Waals surface area contributed by atoms with Gasteiger partial charge in [0.2, 0.25) is 0 Å². The van der Waals surface area contributed by atoms with Gasteiger partial charge in [-0.2, -0.15) is 0 Å². The van der Waals surface area contributed by atoms with Gasteiger partial charge in [0, 0.05) is 12.1 Å². The summed E-state index contributed by atoms with van der Waals surface area (Å²) in [6, 6.07) is 9.18. The van der Waals surface area contributed by atoms with Crippen molar-refractivity contribution in [3.63, 3.8) is 0 Å². The zero-order valence-electron chi connectivity index (χ0n) is 12.4. The van der Waals surface area contributed by atoms with Crippen LogP contribution in [0.25, 0.3) is 0 Å². The van der Waals surface area contributed by atoms with Crippen LogP contribution in [0.3, 0.4) is 0 Å². The molecule has 116 valence electrons. The number of hydrogen-bond acceptors (Lipinski definition) is 3. The highest BCUT2D eigenvalue weighted by atomic mass is 16.4. The first kappa shape index (κ1) is 16.0. The average molecular weight is 291 g/mol. The van der Waals surface area contributed by atoms with Gasteiger partial charge in [0.15, 0.2) is 0 Å². The Kier molecular flexibility index (Phi) is 6.21. The molecule has 4 nitrogen and oxygen atoms in total. The van der Waals surface area contributed by atoms with E-state index >= 15 is 0 Å². The Labute approximate surface area is 126 Å². The first-order valence-electron chi connectivity index (χ1n) is 7.87. The molecule has 0 aliphatic heterocycles. The molecule has 0 bridgehead atoms. The summed E-state index contributed by atoms with van der Waals surface area (Å²) in [6.45, 7) is 0. The number of aliphatic hydroxyl groups is 1. The monoisotopic (exact) mass is 291 g/mol. The molecule has 1 aromatic carbocycles. The molecule has 2 unspecified atom stereocenters. The van der Waals surface area contributed by atoms with E-state index in [9.17, 15) is 9.90 Å². The number of aliphatic hydroxyl groups excluding tert-OH is 1. The fourth-order valence-electron chi connectivity index (χ4n) is 3.08. The van der Waals surface area contributed by atoms with E-state index in [2.05, 4.69) is 5.32 Å². The molecule has 1 aliphatic carbocycles. The number of rotatable bonds is 6. The maximum absolute atomic E-state index is 11.1. The highest BCUT2D eigenvalue weighted by Gasteiger charge is 2.26. The molecule has 1 saturated carbocycles. The third-order valence-electron chi connectivity index (χ3n) is 4.22. The predicted molar refractivity (Wildman–Crippen MR) is 82.1 cm³/mol. The van der Waals surface area contributed by atoms with E-state index < -0.39 is 18.1 Å². The zero-order valence-corrected chi connectivity index (χ0v) is 12.4. The second kappa shape index (κ2) is 8.15. The Morgan fingerprint density at radius 1 is 1.14 bits per heavy atom. The summed E-state index contributed by atoms with van der Waals surface area (Å²) in [6.07, 6.45) is 6.15. The third-order valence-corrected chi connectivity index (χ3v) is 4.22. The minimum absolute atomic E-state index is 0.0629. The van der Waals surface area contributed by atoms with Crippen molar-refractivity contribution >= 4 is 5.97 Å². The number of hydrogen-bond donors (Lipinski definition) is 3. The molecule has 1 aromatic rings. The van der Waals surface area contributed by atoms with Crippen molar-refractivity contribution in [3.05, 3.63) is 35.9 Å². The highest BCUT2D eigenvalue weighted by molar-refractivity contribution is 5.67. The van der Waals surface area contributed by atoms with Crippen molar-refractivity contribution in [1.29, 1.82) is 0 Å². The molecule has 4 heteroatoms. The SMILES string of the molecule is O=C(O)CC(NC1CCCCCC1)C(O)c1ccccc1. The van der Waals surface area contributed by atoms with Gasteiger partial charge in [-0.05, 0) is 18.4 Å². The van der Waals surface area contributed by atoms with Crippen LogP contribution in [0, 0.1) is 0 Å². The predicted octanol–water partition coefficient (Wildman–Crippen LogP) is 2.88. The van der Waals surface area contributed by atoms with Crippen LogP contribution in [-0.4, -0.2) is 28.3 Å². The van der Waals surface area contributed by atoms with Crippen molar-refractivity contribution in [2.75, 3.05) is 0 Å². The number of carbonyl (C=O) groups is 1. The number of benzene rings is 1. The lowest BCUT2D eigenvalue weighted by Gasteiger charge is -2.28. The number of nitrogens with one attached hydrogen (secondary N) is 1. The van der Waals surface area contributed by atoms with E-state index in [0.717, 1.165) is 18.4 Å². The lowest BCUT2D eigenvalue weighted by molar-refractivity contribution is -0.138. The lowest BCUT2D eigenvalue weighted by Crippen LogP contribution is -2.43. The maximum Gasteiger partial charge on any atom is 0.305 e. The first-order chi connectivity index (χ1) is 10.2. The number of aliphatic carboxylic acids is 1. The Balaban J connectivity index is 2.04. The molecule has 3 N–H and O–H groups in total. The third kappa shape index (κ3) is 5.14. The van der Waals surface area contributed by atoms with E-state index in [1.54, 1.807) is 0 Å². The Bertz CT molecular complexity index is 427. The molecule has 0 aromatic heterocycles. The van der Waals surface area contributed by atoms with Crippen LogP contribution in [0.5, 0.6) is 0 Å². The van der Waals surface area contributed by atoms with Gasteiger partial charge in [0.25, 0.3) is 0 Å². The van der Waals surface area contributed by atoms with Gasteiger partial charge in [-0.1, -0.05) is 56.0 Å². The fraction of sp³-hybridized carbons (Fsp3) is 0.588. The molecule has 0 saturated heterocycles. The van der Waals surface area contributed by atoms with Crippen LogP contribution < -0.4 is 5.32 Å². The van der Waals surface area contributed by atoms with Crippen molar-refractivity contribution in [2.24, 2.45) is 0 Å². The van der Waals surface area contributed by atoms with Crippen LogP contribution in [0.15, 0.2) is 30.3 Å². The average Bonchev–Trinajstić information content (AvgIpc) is 2.75. The summed E-state index contributed by atoms with van der Waals surface area (Å²) in [5.41, 5.74) is 0.768. The molecule has 0 radical (unpaired) electrons. The quantitative estimate of drug-likeness (QED) is 0.705. The van der Waals surface area contributed by atoms with Crippen LogP contribution in [-0.2, 0) is 4.79 Å². The van der Waals surface area contributed by atoms with Crippen molar-refractivity contribution in [3.8, 4) is 0 Å². The molecule has 2 atom stereocenters. The molecule has 1 aliphatic rings. The van der Waals surface area contributed by atoms with Crippen molar-refractivity contribution < 1.29 is 15.0 Å². The second-order valence-electron chi connectivity index (χ2n) is 5.92. The minimum Gasteiger partial charge on any atom is -0.481 e. The highest BCUT2D eigenvalue weighted by Crippen LogP contribution is 2.23. The van der Waals surface area contributed by atoms with Gasteiger partial charge in [0.1, 0.15) is 0 Å². The molecule has 0 heterocycles. The largest absolute Gasteiger partial charge is 0.481 e. The van der Waals surface area contributed by atoms with Crippen LogP contribution in [0.2, 0.25) is 0 Å². The van der Waals surface area contributed by atoms with E-state index in [0.29, 0.717) is 6.04 Å². The van der Waals surface area contributed by atoms with Gasteiger partial charge < -0.3 is 15.5 Å². The minimum atomic E-state index is -0.879. The lowest BCUT2D eigenvalue weighted by atomic mass is 9.97. The Hall–Kier alpha value is -1.39. The summed E-state index contributed by atoms with van der Waals surface area (Å²) in [5.74, 6) is -0.879. The van der Waals surface area contributed by atoms with E-state index in [1.165, 1.54) is 25.7 Å². The van der Waals surface area contributed by atoms with Crippen LogP contribution >= 0.6 is 0 Å². The molecule has 2 rings (SSSR count). The van der Waals surface area contributed by atoms with Crippen LogP contribution in [0.4, 0.5) is 0 Å². The molecular formula is C17H25NO3. The van der Waals surface area contributed by atoms with Gasteiger partial charge in [0.05, 0.1) is 12.5 Å². The van der Waals surface area contributed by atoms with Gasteiger partial charge in [-0.25, -0.2) is 0 Å². The van der Waals surface area contributed by atoms with Crippen molar-refractivity contribution in [1.82, 2.24) is 5.32 Å². The Morgan fingerprint density at radius 3 is 2.33 bits per heavy atom. The first-order valence-corrected chi connectivity index (χ1v) is 7.87. The van der Waals surface area contributed by atoms with Gasteiger partial charge >= 0.3 is 5.97 Å². The number of carboxylic acids is 1. The second-order valence-corrected chi connectivity index (χ2v) is 5.92. The maximum atomic E-state index is 11.1. The van der Waals surface area contributed by atoms with E-state index in [1.807, 2.05) is 30.3 Å². The topological polar surface area (TPSA) is 69.6 Å². The molecule has 0 amide bonds. The fourth-order valence-corrected chi connectivity index (χ4v) is 3.08. The summed E-state index contributed by atoms with van der Waals surface area (Å²) in [4.78, 5) is 11.1. The van der Waals surface area contributed by atoms with Gasteiger partial charge in [-0.15, -0.1) is 0 Å². The summed E-state index contributed by atoms with van der Waals surface area (Å²) < 4.78 is 0. The van der Waals surface area contributed by atoms with E-state index in [4.69, 9.17) is 5.11 Å². The van der Waals surface area contributed by atoms with E-state index in [-0.39, 0.29) is 6.42 Å². The Morgan fingerprint density at radius 2 is 1.76 bits per heavy atom. The number of carboxylic acid groups (broad SMARTS) is 1. The zero-order chi connectivity index (χ0) is 15.1. The normalized spacial score (nSPS) is 19.7. The molecule has 21 heavy (non-hydrogen) atoms. The standard InChI is InChI=1S/C17H25NO3/c19-16(20)12-15(17(21)13-8-4-3-5-9-13)18-14-10-6-1-2-7-11-14/h3-5,8-9,14-15,17-18,21H,1-2,6-7,10-12H2,(H,19,20). The summed E-state index contributed by atoms with van der Waals surface area (Å²) in [5, 5.41) is 23.0.